The molecule has 0 aliphatic heterocycles. The minimum atomic E-state index is -0.201. The van der Waals surface area contributed by atoms with E-state index in [1.807, 2.05) is 0 Å². The number of hydrogen-bond acceptors (Lipinski definition) is 7. The Kier molecular flexibility index (Phi) is 4.14. The molecule has 0 fully saturated rings. The molecule has 7 nitrogen and oxygen atoms in total. The first-order valence-corrected chi connectivity index (χ1v) is 6.36. The molecule has 2 aromatic rings. The zero-order valence-corrected chi connectivity index (χ0v) is 10.7. The van der Waals surface area contributed by atoms with Gasteiger partial charge in [0.1, 0.15) is 17.5 Å². The Bertz CT molecular complexity index is 556. The molecule has 1 amide bonds. The van der Waals surface area contributed by atoms with Crippen LogP contribution in [-0.2, 0) is 4.79 Å². The maximum absolute atomic E-state index is 11.7. The molecule has 2 rings (SSSR count). The van der Waals surface area contributed by atoms with Gasteiger partial charge in [-0.05, 0) is 12.1 Å². The van der Waals surface area contributed by atoms with Crippen molar-refractivity contribution in [2.45, 2.75) is 5.16 Å². The number of carbonyl (C=O) groups is 1. The Morgan fingerprint density at radius 2 is 2.00 bits per heavy atom. The molecular formula is C11H12N6OS. The van der Waals surface area contributed by atoms with Gasteiger partial charge in [0.15, 0.2) is 5.16 Å². The SMILES string of the molecule is Nc1cc(N)nc(SCC(=O)Nc2ccccn2)n1. The van der Waals surface area contributed by atoms with Gasteiger partial charge < -0.3 is 16.8 Å². The summed E-state index contributed by atoms with van der Waals surface area (Å²) >= 11 is 1.15. The van der Waals surface area contributed by atoms with Crippen molar-refractivity contribution in [1.82, 2.24) is 15.0 Å². The molecule has 0 radical (unpaired) electrons. The number of rotatable bonds is 4. The first-order chi connectivity index (χ1) is 9.13. The summed E-state index contributed by atoms with van der Waals surface area (Å²) in [5, 5.41) is 3.02. The van der Waals surface area contributed by atoms with Crippen LogP contribution < -0.4 is 16.8 Å². The van der Waals surface area contributed by atoms with Crippen LogP contribution >= 0.6 is 11.8 Å². The second-order valence-electron chi connectivity index (χ2n) is 3.55. The third-order valence-corrected chi connectivity index (χ3v) is 2.86. The average molecular weight is 276 g/mol. The predicted molar refractivity (Wildman–Crippen MR) is 74.4 cm³/mol. The first kappa shape index (κ1) is 13.1. The van der Waals surface area contributed by atoms with Crippen molar-refractivity contribution in [2.75, 3.05) is 22.5 Å². The minimum Gasteiger partial charge on any atom is -0.383 e. The van der Waals surface area contributed by atoms with Crippen LogP contribution in [0.1, 0.15) is 0 Å². The van der Waals surface area contributed by atoms with E-state index in [0.717, 1.165) is 11.8 Å². The largest absolute Gasteiger partial charge is 0.383 e. The zero-order chi connectivity index (χ0) is 13.7. The van der Waals surface area contributed by atoms with Crippen LogP contribution in [0.4, 0.5) is 17.5 Å². The van der Waals surface area contributed by atoms with E-state index >= 15 is 0 Å². The van der Waals surface area contributed by atoms with Gasteiger partial charge in [-0.3, -0.25) is 4.79 Å². The monoisotopic (exact) mass is 276 g/mol. The number of anilines is 3. The van der Waals surface area contributed by atoms with Gasteiger partial charge in [0.05, 0.1) is 5.75 Å². The summed E-state index contributed by atoms with van der Waals surface area (Å²) in [6, 6.07) is 6.72. The lowest BCUT2D eigenvalue weighted by Gasteiger charge is -2.04. The Morgan fingerprint density at radius 3 is 2.63 bits per heavy atom. The van der Waals surface area contributed by atoms with Crippen molar-refractivity contribution in [2.24, 2.45) is 0 Å². The van der Waals surface area contributed by atoms with E-state index in [9.17, 15) is 4.79 Å². The van der Waals surface area contributed by atoms with Crippen LogP contribution in [0.25, 0.3) is 0 Å². The standard InChI is InChI=1S/C11H12N6OS/c12-7-5-8(13)16-11(15-7)19-6-10(18)17-9-3-1-2-4-14-9/h1-5H,6H2,(H,14,17,18)(H4,12,13,15,16). The summed E-state index contributed by atoms with van der Waals surface area (Å²) in [5.74, 6) is 1.01. The lowest BCUT2D eigenvalue weighted by atomic mass is 10.4. The molecule has 0 saturated carbocycles. The molecule has 98 valence electrons. The highest BCUT2D eigenvalue weighted by molar-refractivity contribution is 7.99. The van der Waals surface area contributed by atoms with Gasteiger partial charge >= 0.3 is 0 Å². The zero-order valence-electron chi connectivity index (χ0n) is 9.91. The molecular weight excluding hydrogens is 264 g/mol. The summed E-state index contributed by atoms with van der Waals surface area (Å²) in [7, 11) is 0. The third kappa shape index (κ3) is 4.11. The number of amides is 1. The number of hydrogen-bond donors (Lipinski definition) is 3. The quantitative estimate of drug-likeness (QED) is 0.557. The molecule has 0 saturated heterocycles. The van der Waals surface area contributed by atoms with Crippen molar-refractivity contribution < 1.29 is 4.79 Å². The van der Waals surface area contributed by atoms with Crippen molar-refractivity contribution in [3.63, 3.8) is 0 Å². The van der Waals surface area contributed by atoms with Crippen molar-refractivity contribution in [1.29, 1.82) is 0 Å². The highest BCUT2D eigenvalue weighted by Crippen LogP contribution is 2.16. The van der Waals surface area contributed by atoms with Gasteiger partial charge in [0, 0.05) is 12.3 Å². The average Bonchev–Trinajstić information content (AvgIpc) is 2.36. The highest BCUT2D eigenvalue weighted by Gasteiger charge is 2.07. The molecule has 0 bridgehead atoms. The fourth-order valence-electron chi connectivity index (χ4n) is 1.27. The number of aromatic nitrogens is 3. The molecule has 0 unspecified atom stereocenters. The molecule has 0 aliphatic rings. The summed E-state index contributed by atoms with van der Waals surface area (Å²) in [6.45, 7) is 0. The lowest BCUT2D eigenvalue weighted by molar-refractivity contribution is -0.113. The number of nitrogens with two attached hydrogens (primary N) is 2. The summed E-state index contributed by atoms with van der Waals surface area (Å²) in [6.07, 6.45) is 1.60. The minimum absolute atomic E-state index is 0.152. The lowest BCUT2D eigenvalue weighted by Crippen LogP contribution is -2.15. The molecule has 0 aromatic carbocycles. The van der Waals surface area contributed by atoms with Crippen molar-refractivity contribution in [3.05, 3.63) is 30.5 Å². The second-order valence-corrected chi connectivity index (χ2v) is 4.49. The van der Waals surface area contributed by atoms with Crippen LogP contribution in [0.3, 0.4) is 0 Å². The van der Waals surface area contributed by atoms with Crippen LogP contribution in [0.2, 0.25) is 0 Å². The molecule has 19 heavy (non-hydrogen) atoms. The van der Waals surface area contributed by atoms with Crippen molar-refractivity contribution in [3.8, 4) is 0 Å². The molecule has 5 N–H and O–H groups in total. The molecule has 0 atom stereocenters. The summed E-state index contributed by atoms with van der Waals surface area (Å²) in [5.41, 5.74) is 11.1. The van der Waals surface area contributed by atoms with E-state index in [2.05, 4.69) is 20.3 Å². The van der Waals surface area contributed by atoms with Crippen LogP contribution in [0.15, 0.2) is 35.6 Å². The van der Waals surface area contributed by atoms with Gasteiger partial charge in [-0.15, -0.1) is 0 Å². The van der Waals surface area contributed by atoms with E-state index < -0.39 is 0 Å². The Balaban J connectivity index is 1.90. The maximum atomic E-state index is 11.7. The molecule has 2 heterocycles. The van der Waals surface area contributed by atoms with Gasteiger partial charge in [0.2, 0.25) is 5.91 Å². The van der Waals surface area contributed by atoms with Crippen LogP contribution in [0, 0.1) is 0 Å². The first-order valence-electron chi connectivity index (χ1n) is 5.37. The van der Waals surface area contributed by atoms with Gasteiger partial charge in [-0.25, -0.2) is 15.0 Å². The fraction of sp³-hybridized carbons (Fsp3) is 0.0909. The van der Waals surface area contributed by atoms with E-state index in [4.69, 9.17) is 11.5 Å². The van der Waals surface area contributed by atoms with Crippen LogP contribution in [-0.4, -0.2) is 26.6 Å². The molecule has 8 heteroatoms. The Hall–Kier alpha value is -2.35. The number of nitrogen functional groups attached to an aromatic ring is 2. The topological polar surface area (TPSA) is 120 Å². The molecule has 0 aliphatic carbocycles. The predicted octanol–water partition coefficient (Wildman–Crippen LogP) is 0.767. The van der Waals surface area contributed by atoms with Crippen LogP contribution in [0.5, 0.6) is 0 Å². The summed E-state index contributed by atoms with van der Waals surface area (Å²) in [4.78, 5) is 23.6. The smallest absolute Gasteiger partial charge is 0.236 e. The van der Waals surface area contributed by atoms with Gasteiger partial charge in [-0.2, -0.15) is 0 Å². The number of carbonyl (C=O) groups excluding carboxylic acids is 1. The summed E-state index contributed by atoms with van der Waals surface area (Å²) < 4.78 is 0. The normalized spacial score (nSPS) is 10.1. The molecule has 2 aromatic heterocycles. The van der Waals surface area contributed by atoms with Gasteiger partial charge in [-0.1, -0.05) is 17.8 Å². The number of nitrogens with zero attached hydrogens (tertiary/aromatic N) is 3. The third-order valence-electron chi connectivity index (χ3n) is 2.01. The highest BCUT2D eigenvalue weighted by atomic mass is 32.2. The van der Waals surface area contributed by atoms with E-state index in [1.165, 1.54) is 6.07 Å². The van der Waals surface area contributed by atoms with Gasteiger partial charge in [0.25, 0.3) is 0 Å². The second kappa shape index (κ2) is 6.01. The van der Waals surface area contributed by atoms with E-state index in [1.54, 1.807) is 24.4 Å². The van der Waals surface area contributed by atoms with E-state index in [-0.39, 0.29) is 23.3 Å². The van der Waals surface area contributed by atoms with Crippen molar-refractivity contribution >= 4 is 35.1 Å². The Labute approximate surface area is 113 Å². The number of thioether (sulfide) groups is 1. The number of nitrogens with one attached hydrogen (secondary N) is 1. The maximum Gasteiger partial charge on any atom is 0.236 e. The van der Waals surface area contributed by atoms with E-state index in [0.29, 0.717) is 11.0 Å². The molecule has 0 spiro atoms. The number of pyridine rings is 1. The fourth-order valence-corrected chi connectivity index (χ4v) is 1.94. The Morgan fingerprint density at radius 1 is 1.26 bits per heavy atom.